The van der Waals surface area contributed by atoms with Gasteiger partial charge in [-0.15, -0.1) is 0 Å². The first-order valence-electron chi connectivity index (χ1n) is 9.17. The van der Waals surface area contributed by atoms with E-state index in [9.17, 15) is 4.79 Å². The molecule has 4 nitrogen and oxygen atoms in total. The second-order valence-corrected chi connectivity index (χ2v) is 7.01. The van der Waals surface area contributed by atoms with Crippen LogP contribution in [-0.2, 0) is 11.3 Å². The van der Waals surface area contributed by atoms with Crippen molar-refractivity contribution in [2.45, 2.75) is 20.4 Å². The summed E-state index contributed by atoms with van der Waals surface area (Å²) in [6, 6.07) is 18.8. The van der Waals surface area contributed by atoms with Gasteiger partial charge in [-0.2, -0.15) is 0 Å². The van der Waals surface area contributed by atoms with Crippen molar-refractivity contribution >= 4 is 17.3 Å². The van der Waals surface area contributed by atoms with Gasteiger partial charge in [0.15, 0.2) is 0 Å². The Bertz CT molecular complexity index is 741. The lowest BCUT2D eigenvalue weighted by molar-refractivity contribution is -0.111. The van der Waals surface area contributed by atoms with E-state index in [1.165, 1.54) is 11.3 Å². The van der Waals surface area contributed by atoms with Crippen LogP contribution in [0, 0.1) is 0 Å². The van der Waals surface area contributed by atoms with E-state index in [2.05, 4.69) is 57.6 Å². The number of hydrogen-bond donors (Lipinski definition) is 1. The van der Waals surface area contributed by atoms with E-state index < -0.39 is 0 Å². The molecule has 26 heavy (non-hydrogen) atoms. The fourth-order valence-corrected chi connectivity index (χ4v) is 3.20. The third kappa shape index (κ3) is 5.20. The van der Waals surface area contributed by atoms with Crippen molar-refractivity contribution in [1.29, 1.82) is 0 Å². The van der Waals surface area contributed by atoms with E-state index in [1.807, 2.05) is 26.0 Å². The standard InChI is InChI=1S/C22H27N3O/c1-18(2)16-22(26)23-20-8-10-21(11-9-20)25-14-12-24(13-15-25)17-19-6-4-3-5-7-19/h3-11,16H,12-15,17H2,1-2H3,(H,23,26). The van der Waals surface area contributed by atoms with Crippen LogP contribution in [0.3, 0.4) is 0 Å². The van der Waals surface area contributed by atoms with Crippen LogP contribution in [0.25, 0.3) is 0 Å². The third-order valence-corrected chi connectivity index (χ3v) is 4.54. The fraction of sp³-hybridized carbons (Fsp3) is 0.318. The van der Waals surface area contributed by atoms with Gasteiger partial charge in [-0.25, -0.2) is 0 Å². The zero-order valence-electron chi connectivity index (χ0n) is 15.6. The number of carbonyl (C=O) groups is 1. The fourth-order valence-electron chi connectivity index (χ4n) is 3.20. The molecule has 1 fully saturated rings. The quantitative estimate of drug-likeness (QED) is 0.831. The number of hydrogen-bond acceptors (Lipinski definition) is 3. The SMILES string of the molecule is CC(C)=CC(=O)Nc1ccc(N2CCN(Cc3ccccc3)CC2)cc1. The molecular formula is C22H27N3O. The van der Waals surface area contributed by atoms with Gasteiger partial charge in [0.05, 0.1) is 0 Å². The van der Waals surface area contributed by atoms with Crippen LogP contribution >= 0.6 is 0 Å². The molecule has 1 saturated heterocycles. The van der Waals surface area contributed by atoms with Crippen LogP contribution in [0.4, 0.5) is 11.4 Å². The smallest absolute Gasteiger partial charge is 0.248 e. The van der Waals surface area contributed by atoms with Crippen molar-refractivity contribution in [3.8, 4) is 0 Å². The summed E-state index contributed by atoms with van der Waals surface area (Å²) in [7, 11) is 0. The van der Waals surface area contributed by atoms with E-state index >= 15 is 0 Å². The molecule has 0 bridgehead atoms. The lowest BCUT2D eigenvalue weighted by Crippen LogP contribution is -2.45. The van der Waals surface area contributed by atoms with Gasteiger partial charge in [-0.1, -0.05) is 35.9 Å². The number of piperazine rings is 1. The molecule has 1 aliphatic heterocycles. The highest BCUT2D eigenvalue weighted by atomic mass is 16.1. The zero-order chi connectivity index (χ0) is 18.4. The molecule has 0 saturated carbocycles. The number of carbonyl (C=O) groups excluding carboxylic acids is 1. The normalized spacial score (nSPS) is 14.8. The van der Waals surface area contributed by atoms with Gasteiger partial charge >= 0.3 is 0 Å². The largest absolute Gasteiger partial charge is 0.369 e. The lowest BCUT2D eigenvalue weighted by Gasteiger charge is -2.36. The van der Waals surface area contributed by atoms with E-state index in [-0.39, 0.29) is 5.91 Å². The number of amides is 1. The molecule has 4 heteroatoms. The van der Waals surface area contributed by atoms with Gasteiger partial charge in [0.1, 0.15) is 0 Å². The predicted molar refractivity (Wildman–Crippen MR) is 108 cm³/mol. The number of benzene rings is 2. The van der Waals surface area contributed by atoms with E-state index in [1.54, 1.807) is 6.08 Å². The maximum absolute atomic E-state index is 11.8. The summed E-state index contributed by atoms with van der Waals surface area (Å²) in [5.41, 5.74) is 4.41. The van der Waals surface area contributed by atoms with Crippen LogP contribution in [0.15, 0.2) is 66.2 Å². The van der Waals surface area contributed by atoms with E-state index in [0.717, 1.165) is 44.0 Å². The minimum Gasteiger partial charge on any atom is -0.369 e. The molecule has 0 aromatic heterocycles. The molecule has 3 rings (SSSR count). The topological polar surface area (TPSA) is 35.6 Å². The van der Waals surface area contributed by atoms with Gasteiger partial charge in [0.25, 0.3) is 0 Å². The van der Waals surface area contributed by atoms with E-state index in [4.69, 9.17) is 0 Å². The summed E-state index contributed by atoms with van der Waals surface area (Å²) in [6.45, 7) is 9.03. The number of rotatable bonds is 5. The molecule has 1 heterocycles. The molecule has 136 valence electrons. The Morgan fingerprint density at radius 2 is 1.62 bits per heavy atom. The average Bonchev–Trinajstić information content (AvgIpc) is 2.63. The monoisotopic (exact) mass is 349 g/mol. The molecule has 1 amide bonds. The second-order valence-electron chi connectivity index (χ2n) is 7.01. The van der Waals surface area contributed by atoms with Crippen LogP contribution < -0.4 is 10.2 Å². The van der Waals surface area contributed by atoms with Crippen molar-refractivity contribution in [2.24, 2.45) is 0 Å². The van der Waals surface area contributed by atoms with Crippen LogP contribution in [0.2, 0.25) is 0 Å². The Labute approximate surface area is 156 Å². The van der Waals surface area contributed by atoms with Crippen molar-refractivity contribution in [2.75, 3.05) is 36.4 Å². The molecule has 0 radical (unpaired) electrons. The Balaban J connectivity index is 1.51. The highest BCUT2D eigenvalue weighted by Crippen LogP contribution is 2.20. The summed E-state index contributed by atoms with van der Waals surface area (Å²) >= 11 is 0. The lowest BCUT2D eigenvalue weighted by atomic mass is 10.2. The Morgan fingerprint density at radius 3 is 2.23 bits per heavy atom. The third-order valence-electron chi connectivity index (χ3n) is 4.54. The molecule has 1 aliphatic rings. The van der Waals surface area contributed by atoms with Crippen LogP contribution in [0.5, 0.6) is 0 Å². The van der Waals surface area contributed by atoms with Crippen molar-refractivity contribution in [3.05, 3.63) is 71.8 Å². The molecule has 0 aliphatic carbocycles. The van der Waals surface area contributed by atoms with Crippen molar-refractivity contribution < 1.29 is 4.79 Å². The molecule has 2 aromatic carbocycles. The number of allylic oxidation sites excluding steroid dienone is 1. The second kappa shape index (κ2) is 8.68. The maximum Gasteiger partial charge on any atom is 0.248 e. The highest BCUT2D eigenvalue weighted by molar-refractivity contribution is 5.99. The summed E-state index contributed by atoms with van der Waals surface area (Å²) in [4.78, 5) is 16.7. The predicted octanol–water partition coefficient (Wildman–Crippen LogP) is 3.91. The first-order chi connectivity index (χ1) is 12.6. The minimum absolute atomic E-state index is 0.0766. The first-order valence-corrected chi connectivity index (χ1v) is 9.17. The highest BCUT2D eigenvalue weighted by Gasteiger charge is 2.17. The van der Waals surface area contributed by atoms with Gasteiger partial charge in [0.2, 0.25) is 5.91 Å². The average molecular weight is 349 g/mol. The zero-order valence-corrected chi connectivity index (χ0v) is 15.6. The summed E-state index contributed by atoms with van der Waals surface area (Å²) in [6.07, 6.45) is 1.61. The summed E-state index contributed by atoms with van der Waals surface area (Å²) in [5, 5.41) is 2.90. The van der Waals surface area contributed by atoms with Gasteiger partial charge in [-0.05, 0) is 43.7 Å². The molecule has 1 N–H and O–H groups in total. The summed E-state index contributed by atoms with van der Waals surface area (Å²) < 4.78 is 0. The molecule has 2 aromatic rings. The Hall–Kier alpha value is -2.59. The van der Waals surface area contributed by atoms with Crippen LogP contribution in [-0.4, -0.2) is 37.0 Å². The Kier molecular flexibility index (Phi) is 6.08. The number of nitrogens with zero attached hydrogens (tertiary/aromatic N) is 2. The molecular weight excluding hydrogens is 322 g/mol. The molecule has 0 spiro atoms. The van der Waals surface area contributed by atoms with Gasteiger partial charge in [-0.3, -0.25) is 9.69 Å². The number of anilines is 2. The number of nitrogens with one attached hydrogen (secondary N) is 1. The Morgan fingerprint density at radius 1 is 0.962 bits per heavy atom. The minimum atomic E-state index is -0.0766. The first kappa shape index (κ1) is 18.2. The van der Waals surface area contributed by atoms with Crippen molar-refractivity contribution in [1.82, 2.24) is 4.90 Å². The van der Waals surface area contributed by atoms with E-state index in [0.29, 0.717) is 0 Å². The maximum atomic E-state index is 11.8. The van der Waals surface area contributed by atoms with Crippen LogP contribution in [0.1, 0.15) is 19.4 Å². The summed E-state index contributed by atoms with van der Waals surface area (Å²) in [5.74, 6) is -0.0766. The van der Waals surface area contributed by atoms with Gasteiger partial charge < -0.3 is 10.2 Å². The molecule has 0 unspecified atom stereocenters. The van der Waals surface area contributed by atoms with Gasteiger partial charge in [0, 0.05) is 50.2 Å². The van der Waals surface area contributed by atoms with Crippen molar-refractivity contribution in [3.63, 3.8) is 0 Å². The molecule has 0 atom stereocenters.